The molecule has 0 bridgehead atoms. The third-order valence-corrected chi connectivity index (χ3v) is 4.86. The third kappa shape index (κ3) is 3.36. The molecule has 3 aromatic rings. The molecule has 0 radical (unpaired) electrons. The van der Waals surface area contributed by atoms with Gasteiger partial charge in [0.2, 0.25) is 0 Å². The molecule has 0 amide bonds. The molecule has 1 aliphatic rings. The molecule has 1 fully saturated rings. The normalized spacial score (nSPS) is 14.8. The van der Waals surface area contributed by atoms with E-state index in [2.05, 4.69) is 37.8 Å². The molecule has 1 aromatic heterocycles. The number of para-hydroxylation sites is 2. The number of ether oxygens (including phenoxy) is 1. The van der Waals surface area contributed by atoms with Gasteiger partial charge in [0, 0.05) is 13.1 Å². The van der Waals surface area contributed by atoms with Gasteiger partial charge in [-0.15, -0.1) is 0 Å². The van der Waals surface area contributed by atoms with Gasteiger partial charge in [-0.05, 0) is 48.1 Å². The highest BCUT2D eigenvalue weighted by Gasteiger charge is 2.21. The Morgan fingerprint density at radius 2 is 1.46 bits per heavy atom. The summed E-state index contributed by atoms with van der Waals surface area (Å²) in [5, 5.41) is 0. The first-order valence-corrected chi connectivity index (χ1v) is 9.31. The molecule has 26 heavy (non-hydrogen) atoms. The van der Waals surface area contributed by atoms with Gasteiger partial charge in [0.1, 0.15) is 5.75 Å². The number of rotatable bonds is 3. The van der Waals surface area contributed by atoms with Crippen LogP contribution in [0.15, 0.2) is 48.5 Å². The van der Waals surface area contributed by atoms with Gasteiger partial charge in [0.05, 0.1) is 11.0 Å². The van der Waals surface area contributed by atoms with E-state index in [0.717, 1.165) is 35.7 Å². The summed E-state index contributed by atoms with van der Waals surface area (Å²) in [5.74, 6) is 2.23. The van der Waals surface area contributed by atoms with Crippen molar-refractivity contribution >= 4 is 16.9 Å². The van der Waals surface area contributed by atoms with Crippen LogP contribution < -0.4 is 9.64 Å². The van der Waals surface area contributed by atoms with Crippen LogP contribution in [0.1, 0.15) is 39.2 Å². The fraction of sp³-hybridized carbons (Fsp3) is 0.364. The number of nitrogens with zero attached hydrogens (tertiary/aromatic N) is 3. The molecule has 0 saturated carbocycles. The topological polar surface area (TPSA) is 38.3 Å². The highest BCUT2D eigenvalue weighted by molar-refractivity contribution is 5.77. The Morgan fingerprint density at radius 1 is 0.846 bits per heavy atom. The van der Waals surface area contributed by atoms with E-state index < -0.39 is 0 Å². The zero-order chi connectivity index (χ0) is 18.1. The van der Waals surface area contributed by atoms with E-state index in [1.54, 1.807) is 0 Å². The first kappa shape index (κ1) is 16.8. The Labute approximate surface area is 154 Å². The summed E-state index contributed by atoms with van der Waals surface area (Å²) >= 11 is 0. The van der Waals surface area contributed by atoms with Crippen molar-refractivity contribution < 1.29 is 4.74 Å². The lowest BCUT2D eigenvalue weighted by Gasteiger charge is -2.21. The summed E-state index contributed by atoms with van der Waals surface area (Å²) in [4.78, 5) is 11.9. The minimum absolute atomic E-state index is 0.127. The van der Waals surface area contributed by atoms with E-state index in [9.17, 15) is 0 Å². The van der Waals surface area contributed by atoms with Gasteiger partial charge in [0.25, 0.3) is 5.88 Å². The molecule has 134 valence electrons. The zero-order valence-corrected chi connectivity index (χ0v) is 15.7. The molecule has 4 nitrogen and oxygen atoms in total. The minimum atomic E-state index is 0.127. The summed E-state index contributed by atoms with van der Waals surface area (Å²) < 4.78 is 6.18. The van der Waals surface area contributed by atoms with Gasteiger partial charge in [-0.2, -0.15) is 0 Å². The van der Waals surface area contributed by atoms with Crippen LogP contribution in [0, 0.1) is 0 Å². The summed E-state index contributed by atoms with van der Waals surface area (Å²) in [5.41, 5.74) is 3.18. The molecule has 0 N–H and O–H groups in total. The van der Waals surface area contributed by atoms with Crippen molar-refractivity contribution in [1.29, 1.82) is 0 Å². The van der Waals surface area contributed by atoms with Crippen molar-refractivity contribution in [3.63, 3.8) is 0 Å². The zero-order valence-electron chi connectivity index (χ0n) is 15.7. The van der Waals surface area contributed by atoms with Crippen molar-refractivity contribution in [3.8, 4) is 11.6 Å². The van der Waals surface area contributed by atoms with E-state index >= 15 is 0 Å². The number of hydrogen-bond donors (Lipinski definition) is 0. The molecular weight excluding hydrogens is 322 g/mol. The second-order valence-electron chi connectivity index (χ2n) is 7.91. The summed E-state index contributed by atoms with van der Waals surface area (Å²) in [6, 6.07) is 16.2. The standard InChI is InChI=1S/C22H25N3O/c1-22(2,3)16-10-12-17(13-11-16)26-21-20(25-14-6-7-15-25)23-18-8-4-5-9-19(18)24-21/h4-5,8-13H,6-7,14-15H2,1-3H3. The van der Waals surface area contributed by atoms with Crippen molar-refractivity contribution in [2.45, 2.75) is 39.0 Å². The number of aromatic nitrogens is 2. The maximum absolute atomic E-state index is 6.18. The smallest absolute Gasteiger partial charge is 0.263 e. The number of benzene rings is 2. The van der Waals surface area contributed by atoms with E-state index in [1.165, 1.54) is 18.4 Å². The highest BCUT2D eigenvalue weighted by Crippen LogP contribution is 2.33. The maximum atomic E-state index is 6.18. The lowest BCUT2D eigenvalue weighted by atomic mass is 9.87. The first-order chi connectivity index (χ1) is 12.5. The second kappa shape index (κ2) is 6.60. The van der Waals surface area contributed by atoms with Crippen LogP contribution >= 0.6 is 0 Å². The van der Waals surface area contributed by atoms with Crippen LogP contribution in [-0.2, 0) is 5.41 Å². The predicted molar refractivity (Wildman–Crippen MR) is 106 cm³/mol. The third-order valence-electron chi connectivity index (χ3n) is 4.86. The first-order valence-electron chi connectivity index (χ1n) is 9.31. The molecule has 1 saturated heterocycles. The molecule has 1 aliphatic heterocycles. The Hall–Kier alpha value is -2.62. The Morgan fingerprint density at radius 3 is 2.08 bits per heavy atom. The van der Waals surface area contributed by atoms with Gasteiger partial charge in [-0.3, -0.25) is 0 Å². The Balaban J connectivity index is 1.71. The van der Waals surface area contributed by atoms with Crippen LogP contribution in [0.5, 0.6) is 11.6 Å². The highest BCUT2D eigenvalue weighted by atomic mass is 16.5. The number of hydrogen-bond acceptors (Lipinski definition) is 4. The van der Waals surface area contributed by atoms with E-state index in [4.69, 9.17) is 14.7 Å². The summed E-state index contributed by atoms with van der Waals surface area (Å²) in [6.07, 6.45) is 2.38. The van der Waals surface area contributed by atoms with Gasteiger partial charge in [-0.25, -0.2) is 9.97 Å². The fourth-order valence-electron chi connectivity index (χ4n) is 3.31. The van der Waals surface area contributed by atoms with Crippen molar-refractivity contribution in [1.82, 2.24) is 9.97 Å². The molecule has 0 aliphatic carbocycles. The van der Waals surface area contributed by atoms with Crippen LogP contribution in [-0.4, -0.2) is 23.1 Å². The average Bonchev–Trinajstić information content (AvgIpc) is 3.15. The molecule has 0 atom stereocenters. The average molecular weight is 347 g/mol. The molecule has 4 heteroatoms. The largest absolute Gasteiger partial charge is 0.436 e. The lowest BCUT2D eigenvalue weighted by molar-refractivity contribution is 0.461. The predicted octanol–water partition coefficient (Wildman–Crippen LogP) is 5.32. The van der Waals surface area contributed by atoms with Crippen LogP contribution in [0.2, 0.25) is 0 Å². The van der Waals surface area contributed by atoms with E-state index in [-0.39, 0.29) is 5.41 Å². The van der Waals surface area contributed by atoms with E-state index in [1.807, 2.05) is 36.4 Å². The summed E-state index contributed by atoms with van der Waals surface area (Å²) in [7, 11) is 0. The molecular formula is C22H25N3O. The monoisotopic (exact) mass is 347 g/mol. The maximum Gasteiger partial charge on any atom is 0.263 e. The van der Waals surface area contributed by atoms with Crippen LogP contribution in [0.25, 0.3) is 11.0 Å². The Bertz CT molecular complexity index is 907. The number of fused-ring (bicyclic) bond motifs is 1. The van der Waals surface area contributed by atoms with E-state index in [0.29, 0.717) is 5.88 Å². The van der Waals surface area contributed by atoms with Crippen LogP contribution in [0.3, 0.4) is 0 Å². The van der Waals surface area contributed by atoms with Gasteiger partial charge < -0.3 is 9.64 Å². The second-order valence-corrected chi connectivity index (χ2v) is 7.91. The van der Waals surface area contributed by atoms with Crippen LogP contribution in [0.4, 0.5) is 5.82 Å². The van der Waals surface area contributed by atoms with Gasteiger partial charge in [-0.1, -0.05) is 45.0 Å². The molecule has 2 heterocycles. The molecule has 4 rings (SSSR count). The fourth-order valence-corrected chi connectivity index (χ4v) is 3.31. The summed E-state index contributed by atoms with van der Waals surface area (Å²) in [6.45, 7) is 8.65. The van der Waals surface area contributed by atoms with Gasteiger partial charge >= 0.3 is 0 Å². The Kier molecular flexibility index (Phi) is 4.27. The molecule has 0 spiro atoms. The minimum Gasteiger partial charge on any atom is -0.436 e. The quantitative estimate of drug-likeness (QED) is 0.643. The van der Waals surface area contributed by atoms with Crippen molar-refractivity contribution in [2.75, 3.05) is 18.0 Å². The molecule has 2 aromatic carbocycles. The SMILES string of the molecule is CC(C)(C)c1ccc(Oc2nc3ccccc3nc2N2CCCC2)cc1. The van der Waals surface area contributed by atoms with Gasteiger partial charge in [0.15, 0.2) is 5.82 Å². The molecule has 0 unspecified atom stereocenters. The number of anilines is 1. The van der Waals surface area contributed by atoms with Crippen molar-refractivity contribution in [3.05, 3.63) is 54.1 Å². The lowest BCUT2D eigenvalue weighted by Crippen LogP contribution is -2.20. The van der Waals surface area contributed by atoms with Crippen molar-refractivity contribution in [2.24, 2.45) is 0 Å².